The summed E-state index contributed by atoms with van der Waals surface area (Å²) in [6.45, 7) is 0. The molecule has 1 aromatic carbocycles. The highest BCUT2D eigenvalue weighted by Gasteiger charge is 2.24. The predicted molar refractivity (Wildman–Crippen MR) is 78.2 cm³/mol. The Hall–Kier alpha value is -1.26. The number of hydrazine groups is 1. The maximum absolute atomic E-state index is 12.5. The van der Waals surface area contributed by atoms with Crippen LogP contribution in [0.5, 0.6) is 0 Å². The molecule has 1 aliphatic rings. The van der Waals surface area contributed by atoms with Gasteiger partial charge in [-0.15, -0.1) is 0 Å². The van der Waals surface area contributed by atoms with Crippen molar-refractivity contribution in [3.05, 3.63) is 28.8 Å². The smallest absolute Gasteiger partial charge is 0.256 e. The highest BCUT2D eigenvalue weighted by atomic mass is 35.5. The van der Waals surface area contributed by atoms with Crippen LogP contribution in [0.2, 0.25) is 5.02 Å². The molecule has 3 N–H and O–H groups in total. The van der Waals surface area contributed by atoms with Gasteiger partial charge in [-0.25, -0.2) is 0 Å². The predicted octanol–water partition coefficient (Wildman–Crippen LogP) is 3.03. The van der Waals surface area contributed by atoms with Gasteiger partial charge in [-0.05, 0) is 31.0 Å². The van der Waals surface area contributed by atoms with Gasteiger partial charge in [0, 0.05) is 18.1 Å². The molecule has 1 aromatic rings. The first kappa shape index (κ1) is 14.2. The van der Waals surface area contributed by atoms with Crippen molar-refractivity contribution in [3.8, 4) is 0 Å². The number of rotatable bonds is 3. The summed E-state index contributed by atoms with van der Waals surface area (Å²) in [5.41, 5.74) is 3.69. The van der Waals surface area contributed by atoms with Gasteiger partial charge < -0.3 is 10.3 Å². The molecule has 0 aromatic heterocycles. The van der Waals surface area contributed by atoms with Gasteiger partial charge in [0.2, 0.25) is 0 Å². The molecule has 1 fully saturated rings. The van der Waals surface area contributed by atoms with Crippen molar-refractivity contribution in [2.75, 3.05) is 12.5 Å². The number of nitrogen functional groups attached to an aromatic ring is 1. The van der Waals surface area contributed by atoms with Crippen LogP contribution in [0, 0.1) is 0 Å². The molecule has 0 unspecified atom stereocenters. The Morgan fingerprint density at radius 3 is 2.68 bits per heavy atom. The van der Waals surface area contributed by atoms with Crippen molar-refractivity contribution in [1.82, 2.24) is 4.90 Å². The maximum Gasteiger partial charge on any atom is 0.256 e. The van der Waals surface area contributed by atoms with E-state index in [0.29, 0.717) is 22.3 Å². The highest BCUT2D eigenvalue weighted by Crippen LogP contribution is 2.26. The third kappa shape index (κ3) is 3.19. The molecule has 19 heavy (non-hydrogen) atoms. The molecule has 4 nitrogen and oxygen atoms in total. The second-order valence-electron chi connectivity index (χ2n) is 5.04. The van der Waals surface area contributed by atoms with Crippen LogP contribution in [0.25, 0.3) is 0 Å². The van der Waals surface area contributed by atoms with Crippen LogP contribution in [0.1, 0.15) is 42.5 Å². The largest absolute Gasteiger partial charge is 0.339 e. The van der Waals surface area contributed by atoms with E-state index in [4.69, 9.17) is 17.4 Å². The Morgan fingerprint density at radius 2 is 2.05 bits per heavy atom. The van der Waals surface area contributed by atoms with E-state index in [-0.39, 0.29) is 5.91 Å². The molecule has 0 saturated heterocycles. The number of nitrogens with two attached hydrogens (primary N) is 1. The highest BCUT2D eigenvalue weighted by molar-refractivity contribution is 6.31. The van der Waals surface area contributed by atoms with Crippen LogP contribution in [0.4, 0.5) is 5.69 Å². The number of amides is 1. The topological polar surface area (TPSA) is 58.4 Å². The summed E-state index contributed by atoms with van der Waals surface area (Å²) in [4.78, 5) is 14.4. The minimum Gasteiger partial charge on any atom is -0.339 e. The zero-order valence-corrected chi connectivity index (χ0v) is 11.9. The van der Waals surface area contributed by atoms with Gasteiger partial charge in [-0.2, -0.15) is 0 Å². The number of halogens is 1. The lowest BCUT2D eigenvalue weighted by atomic mass is 9.94. The first-order valence-electron chi connectivity index (χ1n) is 6.67. The molecule has 2 rings (SSSR count). The molecule has 0 atom stereocenters. The summed E-state index contributed by atoms with van der Waals surface area (Å²) in [6.07, 6.45) is 5.81. The van der Waals surface area contributed by atoms with Crippen molar-refractivity contribution in [1.29, 1.82) is 0 Å². The Kier molecular flexibility index (Phi) is 4.66. The van der Waals surface area contributed by atoms with Crippen LogP contribution in [0.3, 0.4) is 0 Å². The van der Waals surface area contributed by atoms with Gasteiger partial charge in [-0.3, -0.25) is 10.6 Å². The van der Waals surface area contributed by atoms with Crippen LogP contribution < -0.4 is 11.3 Å². The van der Waals surface area contributed by atoms with E-state index in [1.165, 1.54) is 19.3 Å². The van der Waals surface area contributed by atoms with Gasteiger partial charge in [-0.1, -0.05) is 30.9 Å². The fourth-order valence-electron chi connectivity index (χ4n) is 2.64. The molecule has 5 heteroatoms. The summed E-state index contributed by atoms with van der Waals surface area (Å²) >= 11 is 5.97. The normalized spacial score (nSPS) is 16.2. The van der Waals surface area contributed by atoms with Gasteiger partial charge >= 0.3 is 0 Å². The van der Waals surface area contributed by atoms with Crippen LogP contribution in [-0.4, -0.2) is 23.9 Å². The van der Waals surface area contributed by atoms with Crippen LogP contribution in [0.15, 0.2) is 18.2 Å². The van der Waals surface area contributed by atoms with E-state index >= 15 is 0 Å². The van der Waals surface area contributed by atoms with Crippen molar-refractivity contribution in [3.63, 3.8) is 0 Å². The van der Waals surface area contributed by atoms with Crippen molar-refractivity contribution in [2.45, 2.75) is 38.1 Å². The SMILES string of the molecule is CN(C(=O)c1cc(Cl)ccc1NN)C1CCCCC1. The average molecular weight is 282 g/mol. The number of carbonyl (C=O) groups excluding carboxylic acids is 1. The summed E-state index contributed by atoms with van der Waals surface area (Å²) in [5, 5.41) is 0.541. The minimum atomic E-state index is -0.0256. The second kappa shape index (κ2) is 6.26. The van der Waals surface area contributed by atoms with E-state index in [2.05, 4.69) is 5.43 Å². The molecule has 0 spiro atoms. The molecule has 0 aliphatic heterocycles. The van der Waals surface area contributed by atoms with E-state index in [1.54, 1.807) is 18.2 Å². The van der Waals surface area contributed by atoms with E-state index in [1.807, 2.05) is 11.9 Å². The van der Waals surface area contributed by atoms with Gasteiger partial charge in [0.1, 0.15) is 0 Å². The third-order valence-corrected chi connectivity index (χ3v) is 4.05. The van der Waals surface area contributed by atoms with Gasteiger partial charge in [0.15, 0.2) is 0 Å². The van der Waals surface area contributed by atoms with Crippen LogP contribution >= 0.6 is 11.6 Å². The van der Waals surface area contributed by atoms with E-state index < -0.39 is 0 Å². The van der Waals surface area contributed by atoms with Crippen molar-refractivity contribution < 1.29 is 4.79 Å². The first-order chi connectivity index (χ1) is 9.13. The minimum absolute atomic E-state index is 0.0256. The summed E-state index contributed by atoms with van der Waals surface area (Å²) < 4.78 is 0. The molecule has 0 bridgehead atoms. The summed E-state index contributed by atoms with van der Waals surface area (Å²) in [7, 11) is 1.86. The zero-order chi connectivity index (χ0) is 13.8. The number of benzene rings is 1. The lowest BCUT2D eigenvalue weighted by molar-refractivity contribution is 0.0697. The van der Waals surface area contributed by atoms with E-state index in [9.17, 15) is 4.79 Å². The fourth-order valence-corrected chi connectivity index (χ4v) is 2.82. The molecule has 1 amide bonds. The fraction of sp³-hybridized carbons (Fsp3) is 0.500. The Bertz CT molecular complexity index is 458. The molecular weight excluding hydrogens is 262 g/mol. The quantitative estimate of drug-likeness (QED) is 0.661. The zero-order valence-electron chi connectivity index (χ0n) is 11.2. The Morgan fingerprint density at radius 1 is 1.37 bits per heavy atom. The second-order valence-corrected chi connectivity index (χ2v) is 5.48. The average Bonchev–Trinajstić information content (AvgIpc) is 2.46. The van der Waals surface area contributed by atoms with Crippen molar-refractivity contribution in [2.24, 2.45) is 5.84 Å². The first-order valence-corrected chi connectivity index (χ1v) is 7.04. The molecule has 104 valence electrons. The number of carbonyl (C=O) groups is 1. The Labute approximate surface area is 118 Å². The van der Waals surface area contributed by atoms with Crippen molar-refractivity contribution >= 4 is 23.2 Å². The third-order valence-electron chi connectivity index (χ3n) is 3.81. The maximum atomic E-state index is 12.5. The standard InChI is InChI=1S/C14H20ClN3O/c1-18(11-5-3-2-4-6-11)14(19)12-9-10(15)7-8-13(12)17-16/h7-9,11,17H,2-6,16H2,1H3. The number of nitrogens with one attached hydrogen (secondary N) is 1. The van der Waals surface area contributed by atoms with E-state index in [0.717, 1.165) is 12.8 Å². The molecule has 0 radical (unpaired) electrons. The molecule has 0 heterocycles. The number of nitrogens with zero attached hydrogens (tertiary/aromatic N) is 1. The van der Waals surface area contributed by atoms with Crippen LogP contribution in [-0.2, 0) is 0 Å². The summed E-state index contributed by atoms with van der Waals surface area (Å²) in [5.74, 6) is 5.43. The van der Waals surface area contributed by atoms with Gasteiger partial charge in [0.05, 0.1) is 11.3 Å². The lowest BCUT2D eigenvalue weighted by Gasteiger charge is -2.31. The Balaban J connectivity index is 2.20. The number of hydrogen-bond acceptors (Lipinski definition) is 3. The number of hydrogen-bond donors (Lipinski definition) is 2. The number of anilines is 1. The molecule has 1 saturated carbocycles. The lowest BCUT2D eigenvalue weighted by Crippen LogP contribution is -2.38. The summed E-state index contributed by atoms with van der Waals surface area (Å²) in [6, 6.07) is 5.43. The molecular formula is C14H20ClN3O. The molecule has 1 aliphatic carbocycles. The monoisotopic (exact) mass is 281 g/mol. The van der Waals surface area contributed by atoms with Gasteiger partial charge in [0.25, 0.3) is 5.91 Å².